The number of aryl methyl sites for hydroxylation is 2. The standard InChI is InChI=1S/C14H20ClNO/c1-9-7-11(8-10(2)14(9)15)17-13-6-4-5-12(13)16-3/h7-8,12-13,16H,4-6H2,1-3H3. The molecule has 0 amide bonds. The maximum atomic E-state index is 6.15. The zero-order chi connectivity index (χ0) is 12.4. The molecule has 0 saturated heterocycles. The molecule has 0 radical (unpaired) electrons. The van der Waals surface area contributed by atoms with Gasteiger partial charge in [-0.2, -0.15) is 0 Å². The Hall–Kier alpha value is -0.730. The van der Waals surface area contributed by atoms with E-state index in [2.05, 4.69) is 5.32 Å². The fourth-order valence-corrected chi connectivity index (χ4v) is 2.66. The summed E-state index contributed by atoms with van der Waals surface area (Å²) in [6.07, 6.45) is 3.86. The van der Waals surface area contributed by atoms with Crippen molar-refractivity contribution < 1.29 is 4.74 Å². The molecule has 3 heteroatoms. The van der Waals surface area contributed by atoms with E-state index in [0.717, 1.165) is 28.3 Å². The van der Waals surface area contributed by atoms with E-state index in [9.17, 15) is 0 Å². The number of rotatable bonds is 3. The van der Waals surface area contributed by atoms with E-state index in [4.69, 9.17) is 16.3 Å². The average molecular weight is 254 g/mol. The molecule has 1 fully saturated rings. The van der Waals surface area contributed by atoms with Crippen LogP contribution in [0.5, 0.6) is 5.75 Å². The molecule has 0 aliphatic heterocycles. The van der Waals surface area contributed by atoms with Gasteiger partial charge in [-0.1, -0.05) is 11.6 Å². The Morgan fingerprint density at radius 3 is 2.47 bits per heavy atom. The quantitative estimate of drug-likeness (QED) is 0.891. The molecule has 0 aromatic heterocycles. The van der Waals surface area contributed by atoms with Crippen molar-refractivity contribution in [3.05, 3.63) is 28.3 Å². The molecule has 0 bridgehead atoms. The Morgan fingerprint density at radius 2 is 1.88 bits per heavy atom. The van der Waals surface area contributed by atoms with Crippen molar-refractivity contribution in [2.75, 3.05) is 7.05 Å². The van der Waals surface area contributed by atoms with Crippen molar-refractivity contribution in [2.24, 2.45) is 0 Å². The second-order valence-electron chi connectivity index (χ2n) is 4.85. The molecule has 2 atom stereocenters. The third kappa shape index (κ3) is 2.75. The molecule has 1 aliphatic carbocycles. The van der Waals surface area contributed by atoms with Gasteiger partial charge in [-0.05, 0) is 63.4 Å². The van der Waals surface area contributed by atoms with Gasteiger partial charge in [-0.25, -0.2) is 0 Å². The van der Waals surface area contributed by atoms with Crippen LogP contribution in [-0.4, -0.2) is 19.2 Å². The molecule has 1 aliphatic rings. The van der Waals surface area contributed by atoms with E-state index in [1.54, 1.807) is 0 Å². The van der Waals surface area contributed by atoms with Crippen LogP contribution >= 0.6 is 11.6 Å². The minimum Gasteiger partial charge on any atom is -0.489 e. The van der Waals surface area contributed by atoms with E-state index in [1.165, 1.54) is 12.8 Å². The van der Waals surface area contributed by atoms with Crippen LogP contribution in [0, 0.1) is 13.8 Å². The lowest BCUT2D eigenvalue weighted by Crippen LogP contribution is -2.36. The minimum atomic E-state index is 0.292. The molecule has 17 heavy (non-hydrogen) atoms. The van der Waals surface area contributed by atoms with Gasteiger partial charge in [0.05, 0.1) is 0 Å². The van der Waals surface area contributed by atoms with E-state index < -0.39 is 0 Å². The molecule has 2 unspecified atom stereocenters. The highest BCUT2D eigenvalue weighted by molar-refractivity contribution is 6.32. The topological polar surface area (TPSA) is 21.3 Å². The summed E-state index contributed by atoms with van der Waals surface area (Å²) < 4.78 is 6.07. The second kappa shape index (κ2) is 5.28. The van der Waals surface area contributed by atoms with Crippen molar-refractivity contribution in [3.8, 4) is 5.75 Å². The van der Waals surface area contributed by atoms with Crippen LogP contribution in [0.25, 0.3) is 0 Å². The number of likely N-dealkylation sites (N-methyl/N-ethyl adjacent to an activating group) is 1. The van der Waals surface area contributed by atoms with Gasteiger partial charge in [0.25, 0.3) is 0 Å². The molecule has 0 heterocycles. The Bertz CT molecular complexity index is 382. The van der Waals surface area contributed by atoms with Gasteiger partial charge in [0.1, 0.15) is 11.9 Å². The summed E-state index contributed by atoms with van der Waals surface area (Å²) >= 11 is 6.15. The summed E-state index contributed by atoms with van der Waals surface area (Å²) in [5.41, 5.74) is 2.17. The molecular weight excluding hydrogens is 234 g/mol. The van der Waals surface area contributed by atoms with Crippen molar-refractivity contribution in [1.29, 1.82) is 0 Å². The van der Waals surface area contributed by atoms with Crippen LogP contribution in [0.3, 0.4) is 0 Å². The highest BCUT2D eigenvalue weighted by atomic mass is 35.5. The molecule has 1 saturated carbocycles. The van der Waals surface area contributed by atoms with Gasteiger partial charge in [0, 0.05) is 11.1 Å². The predicted molar refractivity (Wildman–Crippen MR) is 72.0 cm³/mol. The lowest BCUT2D eigenvalue weighted by molar-refractivity contribution is 0.179. The highest BCUT2D eigenvalue weighted by Crippen LogP contribution is 2.29. The Labute approximate surface area is 108 Å². The van der Waals surface area contributed by atoms with Gasteiger partial charge in [0.15, 0.2) is 0 Å². The zero-order valence-corrected chi connectivity index (χ0v) is 11.5. The first-order valence-corrected chi connectivity index (χ1v) is 6.60. The summed E-state index contributed by atoms with van der Waals surface area (Å²) in [6, 6.07) is 4.53. The number of halogens is 1. The van der Waals surface area contributed by atoms with E-state index in [1.807, 2.05) is 33.0 Å². The Kier molecular flexibility index (Phi) is 3.95. The SMILES string of the molecule is CNC1CCCC1Oc1cc(C)c(Cl)c(C)c1. The van der Waals surface area contributed by atoms with E-state index in [-0.39, 0.29) is 0 Å². The molecular formula is C14H20ClNO. The summed E-state index contributed by atoms with van der Waals surface area (Å²) in [7, 11) is 2.00. The maximum Gasteiger partial charge on any atom is 0.120 e. The molecule has 1 aromatic rings. The first-order valence-electron chi connectivity index (χ1n) is 6.22. The fraction of sp³-hybridized carbons (Fsp3) is 0.571. The van der Waals surface area contributed by atoms with Crippen LogP contribution in [-0.2, 0) is 0 Å². The summed E-state index contributed by atoms with van der Waals surface area (Å²) in [5, 5.41) is 4.17. The monoisotopic (exact) mass is 253 g/mol. The van der Waals surface area contributed by atoms with Gasteiger partial charge < -0.3 is 10.1 Å². The van der Waals surface area contributed by atoms with Gasteiger partial charge >= 0.3 is 0 Å². The van der Waals surface area contributed by atoms with Crippen molar-refractivity contribution in [1.82, 2.24) is 5.32 Å². The number of nitrogens with one attached hydrogen (secondary N) is 1. The van der Waals surface area contributed by atoms with Crippen LogP contribution in [0.15, 0.2) is 12.1 Å². The van der Waals surface area contributed by atoms with Crippen molar-refractivity contribution in [2.45, 2.75) is 45.3 Å². The molecule has 1 N–H and O–H groups in total. The van der Waals surface area contributed by atoms with Crippen molar-refractivity contribution >= 4 is 11.6 Å². The molecule has 2 rings (SSSR count). The minimum absolute atomic E-state index is 0.292. The molecule has 2 nitrogen and oxygen atoms in total. The molecule has 94 valence electrons. The van der Waals surface area contributed by atoms with E-state index >= 15 is 0 Å². The van der Waals surface area contributed by atoms with Gasteiger partial charge in [-0.3, -0.25) is 0 Å². The first kappa shape index (κ1) is 12.7. The summed E-state index contributed by atoms with van der Waals surface area (Å²) in [4.78, 5) is 0. The number of hydrogen-bond donors (Lipinski definition) is 1. The summed E-state index contributed by atoms with van der Waals surface area (Å²) in [6.45, 7) is 4.04. The van der Waals surface area contributed by atoms with Gasteiger partial charge in [0.2, 0.25) is 0 Å². The zero-order valence-electron chi connectivity index (χ0n) is 10.7. The fourth-order valence-electron chi connectivity index (χ4n) is 2.55. The number of hydrogen-bond acceptors (Lipinski definition) is 2. The Morgan fingerprint density at radius 1 is 1.24 bits per heavy atom. The van der Waals surface area contributed by atoms with E-state index in [0.29, 0.717) is 12.1 Å². The van der Waals surface area contributed by atoms with Crippen LogP contribution in [0.1, 0.15) is 30.4 Å². The Balaban J connectivity index is 2.13. The third-order valence-corrected chi connectivity index (χ3v) is 4.12. The highest BCUT2D eigenvalue weighted by Gasteiger charge is 2.27. The maximum absolute atomic E-state index is 6.15. The van der Waals surface area contributed by atoms with Gasteiger partial charge in [-0.15, -0.1) is 0 Å². The predicted octanol–water partition coefficient (Wildman–Crippen LogP) is 3.48. The number of ether oxygens (including phenoxy) is 1. The van der Waals surface area contributed by atoms with Crippen LogP contribution < -0.4 is 10.1 Å². The largest absolute Gasteiger partial charge is 0.489 e. The average Bonchev–Trinajstić information content (AvgIpc) is 2.73. The summed E-state index contributed by atoms with van der Waals surface area (Å²) in [5.74, 6) is 0.941. The van der Waals surface area contributed by atoms with Crippen molar-refractivity contribution in [3.63, 3.8) is 0 Å². The molecule has 0 spiro atoms. The van der Waals surface area contributed by atoms with Crippen LogP contribution in [0.4, 0.5) is 0 Å². The normalized spacial score (nSPS) is 24.0. The first-order chi connectivity index (χ1) is 8.11. The van der Waals surface area contributed by atoms with Crippen LogP contribution in [0.2, 0.25) is 5.02 Å². The molecule has 1 aromatic carbocycles. The third-order valence-electron chi connectivity index (χ3n) is 3.52. The smallest absolute Gasteiger partial charge is 0.120 e. The lowest BCUT2D eigenvalue weighted by atomic mass is 10.1. The number of benzene rings is 1. The second-order valence-corrected chi connectivity index (χ2v) is 5.23. The lowest BCUT2D eigenvalue weighted by Gasteiger charge is -2.21.